The number of hydrogen-bond donors (Lipinski definition) is 2. The van der Waals surface area contributed by atoms with Gasteiger partial charge in [-0.15, -0.1) is 11.3 Å². The molecule has 1 aromatic rings. The lowest BCUT2D eigenvalue weighted by Crippen LogP contribution is -2.40. The van der Waals surface area contributed by atoms with E-state index in [1.807, 2.05) is 11.3 Å². The van der Waals surface area contributed by atoms with Crippen molar-refractivity contribution in [2.45, 2.75) is 13.3 Å². The standard InChI is InChI=1S/C15H25IN4OS/c1-2-17-15(18-6-5-13-3-4-14(16)22-13)19-7-8-20-9-11-21-12-10-20/h3-4H,2,5-12H2,1H3,(H2,17,18,19). The van der Waals surface area contributed by atoms with Crippen LogP contribution >= 0.6 is 33.9 Å². The van der Waals surface area contributed by atoms with Crippen LogP contribution in [0.15, 0.2) is 17.1 Å². The van der Waals surface area contributed by atoms with Crippen LogP contribution < -0.4 is 10.6 Å². The topological polar surface area (TPSA) is 48.9 Å². The first-order chi connectivity index (χ1) is 10.8. The van der Waals surface area contributed by atoms with Crippen molar-refractivity contribution < 1.29 is 4.74 Å². The number of hydrogen-bond acceptors (Lipinski definition) is 4. The maximum Gasteiger partial charge on any atom is 0.191 e. The molecule has 2 heterocycles. The molecule has 0 spiro atoms. The van der Waals surface area contributed by atoms with Gasteiger partial charge in [0.05, 0.1) is 22.6 Å². The molecular weight excluding hydrogens is 411 g/mol. The maximum atomic E-state index is 5.36. The Bertz CT molecular complexity index is 460. The summed E-state index contributed by atoms with van der Waals surface area (Å²) in [6.07, 6.45) is 1.04. The molecule has 124 valence electrons. The number of guanidine groups is 1. The van der Waals surface area contributed by atoms with Crippen molar-refractivity contribution in [1.82, 2.24) is 15.5 Å². The fourth-order valence-corrected chi connectivity index (χ4v) is 4.02. The maximum absolute atomic E-state index is 5.36. The van der Waals surface area contributed by atoms with E-state index < -0.39 is 0 Å². The van der Waals surface area contributed by atoms with Crippen molar-refractivity contribution in [2.75, 3.05) is 52.5 Å². The first kappa shape index (κ1) is 18.0. The molecule has 0 unspecified atom stereocenters. The van der Waals surface area contributed by atoms with Gasteiger partial charge in [0.25, 0.3) is 0 Å². The Kier molecular flexibility index (Phi) is 8.50. The first-order valence-corrected chi connectivity index (χ1v) is 9.74. The third kappa shape index (κ3) is 6.80. The number of nitrogens with one attached hydrogen (secondary N) is 2. The summed E-state index contributed by atoms with van der Waals surface area (Å²) < 4.78 is 6.71. The number of ether oxygens (including phenoxy) is 1. The Balaban J connectivity index is 1.69. The third-order valence-electron chi connectivity index (χ3n) is 3.43. The first-order valence-electron chi connectivity index (χ1n) is 7.84. The van der Waals surface area contributed by atoms with Crippen molar-refractivity contribution in [3.05, 3.63) is 19.9 Å². The Morgan fingerprint density at radius 2 is 2.18 bits per heavy atom. The second-order valence-corrected chi connectivity index (χ2v) is 8.16. The lowest BCUT2D eigenvalue weighted by atomic mass is 10.3. The number of rotatable bonds is 7. The average molecular weight is 436 g/mol. The summed E-state index contributed by atoms with van der Waals surface area (Å²) in [5, 5.41) is 6.73. The van der Waals surface area contributed by atoms with Gasteiger partial charge < -0.3 is 15.4 Å². The predicted molar refractivity (Wildman–Crippen MR) is 102 cm³/mol. The van der Waals surface area contributed by atoms with Gasteiger partial charge in [0, 0.05) is 37.6 Å². The molecule has 0 bridgehead atoms. The van der Waals surface area contributed by atoms with Gasteiger partial charge in [-0.25, -0.2) is 0 Å². The highest BCUT2D eigenvalue weighted by atomic mass is 127. The average Bonchev–Trinajstić information content (AvgIpc) is 2.94. The van der Waals surface area contributed by atoms with Gasteiger partial charge >= 0.3 is 0 Å². The van der Waals surface area contributed by atoms with Gasteiger partial charge in [0.1, 0.15) is 0 Å². The zero-order valence-electron chi connectivity index (χ0n) is 13.1. The Morgan fingerprint density at radius 3 is 2.86 bits per heavy atom. The van der Waals surface area contributed by atoms with E-state index in [1.165, 1.54) is 7.76 Å². The van der Waals surface area contributed by atoms with Gasteiger partial charge in [-0.2, -0.15) is 0 Å². The molecule has 0 aromatic carbocycles. The molecule has 2 N–H and O–H groups in total. The lowest BCUT2D eigenvalue weighted by molar-refractivity contribution is 0.0394. The minimum absolute atomic E-state index is 0.826. The Labute approximate surface area is 150 Å². The fourth-order valence-electron chi connectivity index (χ4n) is 2.26. The number of nitrogens with zero attached hydrogens (tertiary/aromatic N) is 2. The van der Waals surface area contributed by atoms with Gasteiger partial charge in [0.15, 0.2) is 5.96 Å². The predicted octanol–water partition coefficient (Wildman–Crippen LogP) is 1.78. The molecule has 22 heavy (non-hydrogen) atoms. The van der Waals surface area contributed by atoms with Crippen LogP contribution in [0.3, 0.4) is 0 Å². The molecule has 5 nitrogen and oxygen atoms in total. The molecular formula is C15H25IN4OS. The SMILES string of the molecule is CCNC(=NCCN1CCOCC1)NCCc1ccc(I)s1. The second kappa shape index (κ2) is 10.4. The van der Waals surface area contributed by atoms with E-state index in [4.69, 9.17) is 4.74 Å². The molecule has 1 aliphatic heterocycles. The summed E-state index contributed by atoms with van der Waals surface area (Å²) >= 11 is 4.22. The monoisotopic (exact) mass is 436 g/mol. The van der Waals surface area contributed by atoms with Gasteiger partial charge in [-0.1, -0.05) is 0 Å². The fraction of sp³-hybridized carbons (Fsp3) is 0.667. The van der Waals surface area contributed by atoms with Gasteiger partial charge in [-0.3, -0.25) is 9.89 Å². The summed E-state index contributed by atoms with van der Waals surface area (Å²) in [6, 6.07) is 4.37. The zero-order chi connectivity index (χ0) is 15.6. The highest BCUT2D eigenvalue weighted by Crippen LogP contribution is 2.18. The van der Waals surface area contributed by atoms with Crippen LogP contribution in [0.25, 0.3) is 0 Å². The molecule has 0 aliphatic carbocycles. The van der Waals surface area contributed by atoms with Crippen LogP contribution in [0.1, 0.15) is 11.8 Å². The Hall–Kier alpha value is -0.380. The van der Waals surface area contributed by atoms with E-state index in [2.05, 4.69) is 62.2 Å². The van der Waals surface area contributed by atoms with E-state index in [0.717, 1.165) is 64.9 Å². The van der Waals surface area contributed by atoms with E-state index >= 15 is 0 Å². The molecule has 0 saturated carbocycles. The molecule has 1 aliphatic rings. The van der Waals surface area contributed by atoms with Crippen molar-refractivity contribution in [3.63, 3.8) is 0 Å². The molecule has 2 rings (SSSR count). The van der Waals surface area contributed by atoms with Crippen LogP contribution in [0, 0.1) is 2.88 Å². The van der Waals surface area contributed by atoms with Gasteiger partial charge in [-0.05, 0) is 48.1 Å². The van der Waals surface area contributed by atoms with Crippen LogP contribution in [-0.4, -0.2) is 63.3 Å². The smallest absolute Gasteiger partial charge is 0.191 e. The van der Waals surface area contributed by atoms with E-state index in [1.54, 1.807) is 0 Å². The minimum atomic E-state index is 0.826. The van der Waals surface area contributed by atoms with Crippen LogP contribution in [0.4, 0.5) is 0 Å². The molecule has 1 aromatic heterocycles. The highest BCUT2D eigenvalue weighted by Gasteiger charge is 2.09. The lowest BCUT2D eigenvalue weighted by Gasteiger charge is -2.25. The van der Waals surface area contributed by atoms with Crippen molar-refractivity contribution >= 4 is 39.9 Å². The van der Waals surface area contributed by atoms with E-state index in [0.29, 0.717) is 0 Å². The normalized spacial score (nSPS) is 16.7. The molecule has 1 saturated heterocycles. The summed E-state index contributed by atoms with van der Waals surface area (Å²) in [6.45, 7) is 9.48. The quantitative estimate of drug-likeness (QED) is 0.389. The zero-order valence-corrected chi connectivity index (χ0v) is 16.1. The number of aliphatic imine (C=N–C) groups is 1. The number of morpholine rings is 1. The van der Waals surface area contributed by atoms with E-state index in [-0.39, 0.29) is 0 Å². The van der Waals surface area contributed by atoms with Crippen molar-refractivity contribution in [2.24, 2.45) is 4.99 Å². The molecule has 7 heteroatoms. The summed E-state index contributed by atoms with van der Waals surface area (Å²) in [4.78, 5) is 8.48. The summed E-state index contributed by atoms with van der Waals surface area (Å²) in [7, 11) is 0. The summed E-state index contributed by atoms with van der Waals surface area (Å²) in [5.74, 6) is 0.919. The van der Waals surface area contributed by atoms with Crippen LogP contribution in [0.2, 0.25) is 0 Å². The second-order valence-electron chi connectivity index (χ2n) is 5.10. The molecule has 0 atom stereocenters. The van der Waals surface area contributed by atoms with Crippen LogP contribution in [-0.2, 0) is 11.2 Å². The van der Waals surface area contributed by atoms with Crippen molar-refractivity contribution in [3.8, 4) is 0 Å². The minimum Gasteiger partial charge on any atom is -0.379 e. The number of halogens is 1. The summed E-state index contributed by atoms with van der Waals surface area (Å²) in [5.41, 5.74) is 0. The highest BCUT2D eigenvalue weighted by molar-refractivity contribution is 14.1. The molecule has 0 radical (unpaired) electrons. The Morgan fingerprint density at radius 1 is 1.36 bits per heavy atom. The van der Waals surface area contributed by atoms with Crippen LogP contribution in [0.5, 0.6) is 0 Å². The molecule has 0 amide bonds. The number of thiophene rings is 1. The third-order valence-corrected chi connectivity index (χ3v) is 5.38. The van der Waals surface area contributed by atoms with Crippen molar-refractivity contribution in [1.29, 1.82) is 0 Å². The molecule has 1 fully saturated rings. The largest absolute Gasteiger partial charge is 0.379 e. The van der Waals surface area contributed by atoms with E-state index in [9.17, 15) is 0 Å². The van der Waals surface area contributed by atoms with Gasteiger partial charge in [0.2, 0.25) is 0 Å².